The number of halogens is 4. The van der Waals surface area contributed by atoms with Gasteiger partial charge in [-0.15, -0.1) is 10.2 Å². The summed E-state index contributed by atoms with van der Waals surface area (Å²) in [6.45, 7) is -0.518. The lowest BCUT2D eigenvalue weighted by atomic mass is 10.2. The molecular formula is C22H19BrClF2N3O3. The molecule has 0 unspecified atom stereocenters. The van der Waals surface area contributed by atoms with Gasteiger partial charge in [-0.1, -0.05) is 46.6 Å². The molecule has 1 heterocycles. The molecule has 0 saturated carbocycles. The number of ether oxygens (including phenoxy) is 1. The molecule has 0 radical (unpaired) electrons. The Balaban J connectivity index is 1.76. The lowest BCUT2D eigenvalue weighted by molar-refractivity contribution is -0.126. The maximum atomic E-state index is 12.8. The predicted octanol–water partition coefficient (Wildman–Crippen LogP) is 6.21. The van der Waals surface area contributed by atoms with Crippen molar-refractivity contribution >= 4 is 39.5 Å². The molecule has 3 aromatic rings. The molecule has 0 atom stereocenters. The van der Waals surface area contributed by atoms with Gasteiger partial charge in [0.15, 0.2) is 0 Å². The lowest BCUT2D eigenvalue weighted by Crippen LogP contribution is -2.29. The smallest absolute Gasteiger partial charge is 0.387 e. The minimum absolute atomic E-state index is 0.0319. The fourth-order valence-electron chi connectivity index (χ4n) is 2.88. The van der Waals surface area contributed by atoms with Gasteiger partial charge in [0.1, 0.15) is 5.75 Å². The van der Waals surface area contributed by atoms with Gasteiger partial charge in [0, 0.05) is 22.7 Å². The molecule has 6 nitrogen and oxygen atoms in total. The van der Waals surface area contributed by atoms with E-state index in [0.29, 0.717) is 33.6 Å². The molecule has 0 spiro atoms. The first kappa shape index (κ1) is 23.9. The number of carbonyl (C=O) groups is 1. The summed E-state index contributed by atoms with van der Waals surface area (Å²) >= 11 is 9.45. The average molecular weight is 527 g/mol. The Bertz CT molecular complexity index is 1110. The molecule has 0 bridgehead atoms. The van der Waals surface area contributed by atoms with Crippen LogP contribution in [0.15, 0.2) is 57.4 Å². The van der Waals surface area contributed by atoms with E-state index in [1.165, 1.54) is 23.1 Å². The normalized spacial score (nSPS) is 11.3. The minimum Gasteiger partial charge on any atom is -0.434 e. The van der Waals surface area contributed by atoms with Crippen LogP contribution in [0, 0.1) is 0 Å². The van der Waals surface area contributed by atoms with Crippen LogP contribution >= 0.6 is 27.5 Å². The van der Waals surface area contributed by atoms with Crippen molar-refractivity contribution in [1.29, 1.82) is 0 Å². The van der Waals surface area contributed by atoms with Crippen molar-refractivity contribution in [3.05, 3.63) is 69.5 Å². The SMILES string of the molecule is CCCN(Cc1nnc(-c2ccccc2Cl)o1)C(=O)/C=C/c1cc(Br)ccc1OC(F)F. The Labute approximate surface area is 197 Å². The summed E-state index contributed by atoms with van der Waals surface area (Å²) in [5.41, 5.74) is 0.936. The first-order chi connectivity index (χ1) is 15.4. The monoisotopic (exact) mass is 525 g/mol. The van der Waals surface area contributed by atoms with Crippen LogP contribution in [-0.2, 0) is 11.3 Å². The number of carbonyl (C=O) groups excluding carboxylic acids is 1. The van der Waals surface area contributed by atoms with Gasteiger partial charge in [0.2, 0.25) is 17.7 Å². The maximum absolute atomic E-state index is 12.8. The first-order valence-electron chi connectivity index (χ1n) is 9.66. The Morgan fingerprint density at radius 1 is 1.28 bits per heavy atom. The topological polar surface area (TPSA) is 68.5 Å². The van der Waals surface area contributed by atoms with Gasteiger partial charge in [0.25, 0.3) is 0 Å². The fraction of sp³-hybridized carbons (Fsp3) is 0.227. The lowest BCUT2D eigenvalue weighted by Gasteiger charge is -2.18. The van der Waals surface area contributed by atoms with E-state index >= 15 is 0 Å². The maximum Gasteiger partial charge on any atom is 0.387 e. The highest BCUT2D eigenvalue weighted by Gasteiger charge is 2.17. The summed E-state index contributed by atoms with van der Waals surface area (Å²) in [5, 5.41) is 8.50. The number of alkyl halides is 2. The largest absolute Gasteiger partial charge is 0.434 e. The number of rotatable bonds is 9. The summed E-state index contributed by atoms with van der Waals surface area (Å²) in [6.07, 6.45) is 3.42. The van der Waals surface area contributed by atoms with Crippen molar-refractivity contribution in [1.82, 2.24) is 15.1 Å². The molecule has 0 aliphatic carbocycles. The van der Waals surface area contributed by atoms with Crippen LogP contribution in [0.1, 0.15) is 24.8 Å². The molecule has 2 aromatic carbocycles. The van der Waals surface area contributed by atoms with E-state index in [-0.39, 0.29) is 30.0 Å². The molecule has 0 aliphatic heterocycles. The third-order valence-corrected chi connectivity index (χ3v) is 5.12. The van der Waals surface area contributed by atoms with Crippen LogP contribution < -0.4 is 4.74 Å². The molecule has 0 saturated heterocycles. The zero-order chi connectivity index (χ0) is 23.1. The Morgan fingerprint density at radius 3 is 2.78 bits per heavy atom. The van der Waals surface area contributed by atoms with Crippen molar-refractivity contribution in [3.8, 4) is 17.2 Å². The number of nitrogens with zero attached hydrogens (tertiary/aromatic N) is 3. The van der Waals surface area contributed by atoms with Crippen molar-refractivity contribution in [2.45, 2.75) is 26.5 Å². The average Bonchev–Trinajstić information content (AvgIpc) is 3.21. The summed E-state index contributed by atoms with van der Waals surface area (Å²) in [7, 11) is 0. The highest BCUT2D eigenvalue weighted by molar-refractivity contribution is 9.10. The Hall–Kier alpha value is -2.78. The second-order valence-corrected chi connectivity index (χ2v) is 7.96. The third-order valence-electron chi connectivity index (χ3n) is 4.30. The van der Waals surface area contributed by atoms with Gasteiger partial charge in [0.05, 0.1) is 17.1 Å². The van der Waals surface area contributed by atoms with Crippen LogP contribution in [0.5, 0.6) is 5.75 Å². The van der Waals surface area contributed by atoms with Crippen LogP contribution in [0.4, 0.5) is 8.78 Å². The van der Waals surface area contributed by atoms with Crippen LogP contribution in [0.3, 0.4) is 0 Å². The minimum atomic E-state index is -2.97. The highest BCUT2D eigenvalue weighted by atomic mass is 79.9. The summed E-state index contributed by atoms with van der Waals surface area (Å²) in [4.78, 5) is 14.3. The zero-order valence-electron chi connectivity index (χ0n) is 17.0. The van der Waals surface area contributed by atoms with Gasteiger partial charge in [-0.3, -0.25) is 4.79 Å². The second kappa shape index (κ2) is 11.2. The number of hydrogen-bond acceptors (Lipinski definition) is 5. The van der Waals surface area contributed by atoms with Gasteiger partial charge in [-0.05, 0) is 42.8 Å². The number of benzene rings is 2. The molecule has 0 aliphatic rings. The summed E-state index contributed by atoms with van der Waals surface area (Å²) < 4.78 is 36.2. The fourth-order valence-corrected chi connectivity index (χ4v) is 3.48. The molecular weight excluding hydrogens is 508 g/mol. The molecule has 32 heavy (non-hydrogen) atoms. The number of hydrogen-bond donors (Lipinski definition) is 0. The van der Waals surface area contributed by atoms with E-state index in [2.05, 4.69) is 30.9 Å². The van der Waals surface area contributed by atoms with Crippen molar-refractivity contribution in [3.63, 3.8) is 0 Å². The number of aromatic nitrogens is 2. The molecule has 10 heteroatoms. The quantitative estimate of drug-likeness (QED) is 0.310. The number of amides is 1. The summed E-state index contributed by atoms with van der Waals surface area (Å²) in [6, 6.07) is 11.6. The van der Waals surface area contributed by atoms with Crippen molar-refractivity contribution in [2.24, 2.45) is 0 Å². The molecule has 1 amide bonds. The van der Waals surface area contributed by atoms with Crippen molar-refractivity contribution in [2.75, 3.05) is 6.54 Å². The van der Waals surface area contributed by atoms with E-state index in [0.717, 1.165) is 0 Å². The van der Waals surface area contributed by atoms with Crippen LogP contribution in [0.2, 0.25) is 5.02 Å². The molecule has 0 fully saturated rings. The van der Waals surface area contributed by atoms with Gasteiger partial charge >= 0.3 is 6.61 Å². The zero-order valence-corrected chi connectivity index (χ0v) is 19.3. The molecule has 0 N–H and O–H groups in total. The van der Waals surface area contributed by atoms with Gasteiger partial charge in [-0.2, -0.15) is 8.78 Å². The van der Waals surface area contributed by atoms with Gasteiger partial charge in [-0.25, -0.2) is 0 Å². The van der Waals surface area contributed by atoms with Crippen molar-refractivity contribution < 1.29 is 22.7 Å². The molecule has 1 aromatic heterocycles. The van der Waals surface area contributed by atoms with E-state index in [9.17, 15) is 13.6 Å². The standard InChI is InChI=1S/C22H19BrClF2N3O3/c1-2-11-29(13-19-27-28-21(32-19)16-5-3-4-6-17(16)24)20(30)10-7-14-12-15(23)8-9-18(14)31-22(25)26/h3-10,12,22H,2,11,13H2,1H3/b10-7+. The van der Waals surface area contributed by atoms with E-state index in [1.54, 1.807) is 36.4 Å². The van der Waals surface area contributed by atoms with Gasteiger partial charge < -0.3 is 14.1 Å². The van der Waals surface area contributed by atoms with E-state index < -0.39 is 6.61 Å². The Morgan fingerprint density at radius 2 is 2.06 bits per heavy atom. The Kier molecular flexibility index (Phi) is 8.35. The first-order valence-corrected chi connectivity index (χ1v) is 10.8. The predicted molar refractivity (Wildman–Crippen MR) is 120 cm³/mol. The summed E-state index contributed by atoms with van der Waals surface area (Å²) in [5.74, 6) is 0.134. The third kappa shape index (κ3) is 6.37. The molecule has 3 rings (SSSR count). The highest BCUT2D eigenvalue weighted by Crippen LogP contribution is 2.27. The van der Waals surface area contributed by atoms with Crippen LogP contribution in [-0.4, -0.2) is 34.2 Å². The van der Waals surface area contributed by atoms with Crippen LogP contribution in [0.25, 0.3) is 17.5 Å². The second-order valence-electron chi connectivity index (χ2n) is 6.63. The van der Waals surface area contributed by atoms with E-state index in [4.69, 9.17) is 16.0 Å². The molecule has 168 valence electrons. The van der Waals surface area contributed by atoms with E-state index in [1.807, 2.05) is 6.92 Å².